The van der Waals surface area contributed by atoms with Crippen molar-refractivity contribution in [3.8, 4) is 5.75 Å². The van der Waals surface area contributed by atoms with E-state index in [-0.39, 0.29) is 11.3 Å². The highest BCUT2D eigenvalue weighted by atomic mass is 16.5. The van der Waals surface area contributed by atoms with Gasteiger partial charge in [-0.3, -0.25) is 4.79 Å². The number of ether oxygens (including phenoxy) is 1. The van der Waals surface area contributed by atoms with E-state index in [1.165, 1.54) is 5.56 Å². The molecule has 1 N–H and O–H groups in total. The zero-order valence-corrected chi connectivity index (χ0v) is 19.2. The summed E-state index contributed by atoms with van der Waals surface area (Å²) in [6.45, 7) is 3.54. The Morgan fingerprint density at radius 1 is 1.03 bits per heavy atom. The second-order valence-electron chi connectivity index (χ2n) is 9.75. The number of amides is 1. The monoisotopic (exact) mass is 445 g/mol. The Bertz CT molecular complexity index is 1160. The number of benzene rings is 1. The van der Waals surface area contributed by atoms with Gasteiger partial charge in [-0.05, 0) is 68.4 Å². The number of hydrogen-bond donors (Lipinski definition) is 1. The first-order chi connectivity index (χ1) is 16.2. The van der Waals surface area contributed by atoms with Gasteiger partial charge < -0.3 is 19.5 Å². The molecule has 7 nitrogen and oxygen atoms in total. The van der Waals surface area contributed by atoms with Crippen LogP contribution in [-0.2, 0) is 10.2 Å². The van der Waals surface area contributed by atoms with E-state index < -0.39 is 0 Å². The van der Waals surface area contributed by atoms with Crippen LogP contribution in [0.25, 0.3) is 11.2 Å². The highest BCUT2D eigenvalue weighted by molar-refractivity contribution is 5.80. The average Bonchev–Trinajstić information content (AvgIpc) is 3.28. The van der Waals surface area contributed by atoms with Crippen molar-refractivity contribution in [3.05, 3.63) is 47.8 Å². The fourth-order valence-electron chi connectivity index (χ4n) is 5.57. The summed E-state index contributed by atoms with van der Waals surface area (Å²) in [5.41, 5.74) is 2.94. The van der Waals surface area contributed by atoms with Gasteiger partial charge in [-0.25, -0.2) is 9.97 Å². The molecule has 0 spiro atoms. The number of aromatic amines is 1. The van der Waals surface area contributed by atoms with Crippen LogP contribution >= 0.6 is 0 Å². The van der Waals surface area contributed by atoms with Gasteiger partial charge in [0, 0.05) is 26.2 Å². The molecule has 3 aromatic rings. The van der Waals surface area contributed by atoms with Gasteiger partial charge in [-0.2, -0.15) is 0 Å². The van der Waals surface area contributed by atoms with E-state index in [1.807, 2.05) is 12.1 Å². The summed E-state index contributed by atoms with van der Waals surface area (Å²) in [4.78, 5) is 30.6. The fraction of sp³-hybridized carbons (Fsp3) is 0.500. The third kappa shape index (κ3) is 3.63. The normalized spacial score (nSPS) is 22.0. The highest BCUT2D eigenvalue weighted by Gasteiger charge is 2.48. The van der Waals surface area contributed by atoms with E-state index in [4.69, 9.17) is 14.7 Å². The van der Waals surface area contributed by atoms with Crippen LogP contribution in [0.1, 0.15) is 49.9 Å². The molecule has 6 rings (SSSR count). The summed E-state index contributed by atoms with van der Waals surface area (Å²) in [5.74, 6) is 3.19. The number of nitrogens with one attached hydrogen (secondary N) is 1. The largest absolute Gasteiger partial charge is 0.497 e. The fourth-order valence-corrected chi connectivity index (χ4v) is 5.57. The van der Waals surface area contributed by atoms with E-state index in [2.05, 4.69) is 39.0 Å². The van der Waals surface area contributed by atoms with Crippen molar-refractivity contribution in [3.63, 3.8) is 0 Å². The van der Waals surface area contributed by atoms with E-state index in [0.29, 0.717) is 5.91 Å². The molecular weight excluding hydrogens is 414 g/mol. The minimum Gasteiger partial charge on any atom is -0.497 e. The van der Waals surface area contributed by atoms with Crippen molar-refractivity contribution in [2.45, 2.75) is 43.9 Å². The van der Waals surface area contributed by atoms with Gasteiger partial charge in [0.15, 0.2) is 5.65 Å². The Morgan fingerprint density at radius 3 is 2.55 bits per heavy atom. The van der Waals surface area contributed by atoms with Crippen molar-refractivity contribution in [1.29, 1.82) is 0 Å². The summed E-state index contributed by atoms with van der Waals surface area (Å²) in [6.07, 6.45) is 6.44. The summed E-state index contributed by atoms with van der Waals surface area (Å²) in [5, 5.41) is 0. The number of H-pyrrole nitrogens is 1. The summed E-state index contributed by atoms with van der Waals surface area (Å²) < 4.78 is 5.32. The maximum atomic E-state index is 12.9. The van der Waals surface area contributed by atoms with Crippen molar-refractivity contribution in [1.82, 2.24) is 19.9 Å². The van der Waals surface area contributed by atoms with Crippen LogP contribution in [0.15, 0.2) is 36.4 Å². The number of likely N-dealkylation sites (tertiary alicyclic amines) is 1. The van der Waals surface area contributed by atoms with Gasteiger partial charge in [0.25, 0.3) is 0 Å². The molecule has 7 heteroatoms. The smallest absolute Gasteiger partial charge is 0.227 e. The first kappa shape index (κ1) is 20.5. The topological polar surface area (TPSA) is 74.4 Å². The molecule has 2 saturated heterocycles. The molecule has 1 unspecified atom stereocenters. The van der Waals surface area contributed by atoms with Crippen molar-refractivity contribution in [2.75, 3.05) is 38.2 Å². The molecule has 1 atom stereocenters. The lowest BCUT2D eigenvalue weighted by Gasteiger charge is -2.34. The van der Waals surface area contributed by atoms with Crippen LogP contribution in [0, 0.1) is 5.92 Å². The van der Waals surface area contributed by atoms with Crippen molar-refractivity contribution in [2.24, 2.45) is 5.92 Å². The molecule has 1 saturated carbocycles. The molecule has 3 aliphatic rings. The molecule has 4 heterocycles. The van der Waals surface area contributed by atoms with E-state index >= 15 is 0 Å². The lowest BCUT2D eigenvalue weighted by Crippen LogP contribution is -2.44. The Hall–Kier alpha value is -3.09. The minimum absolute atomic E-state index is 0.0501. The Morgan fingerprint density at radius 2 is 1.82 bits per heavy atom. The van der Waals surface area contributed by atoms with Crippen LogP contribution in [-0.4, -0.2) is 59.0 Å². The lowest BCUT2D eigenvalue weighted by atomic mass is 9.95. The minimum atomic E-state index is -0.0501. The molecule has 1 aromatic carbocycles. The molecule has 2 aromatic heterocycles. The van der Waals surface area contributed by atoms with Crippen LogP contribution < -0.4 is 9.64 Å². The van der Waals surface area contributed by atoms with Crippen LogP contribution in [0.3, 0.4) is 0 Å². The average molecular weight is 446 g/mol. The van der Waals surface area contributed by atoms with Gasteiger partial charge in [-0.15, -0.1) is 0 Å². The van der Waals surface area contributed by atoms with Crippen molar-refractivity contribution < 1.29 is 9.53 Å². The highest BCUT2D eigenvalue weighted by Crippen LogP contribution is 2.52. The third-order valence-electron chi connectivity index (χ3n) is 7.69. The molecule has 1 aliphatic carbocycles. The number of carbonyl (C=O) groups excluding carboxylic acids is 1. The number of fused-ring (bicyclic) bond motifs is 1. The number of rotatable bonds is 5. The lowest BCUT2D eigenvalue weighted by molar-refractivity contribution is -0.134. The molecule has 2 aliphatic heterocycles. The quantitative estimate of drug-likeness (QED) is 0.645. The first-order valence-electron chi connectivity index (χ1n) is 12.2. The number of nitrogens with zero attached hydrogens (tertiary/aromatic N) is 4. The zero-order chi connectivity index (χ0) is 22.4. The SMILES string of the molecule is COc1ccc(C2(c3nc4nc(N5CCCC(C(=O)N6CCCC6)C5)ccc4[nH]3)CC2)cc1. The second kappa shape index (κ2) is 8.04. The molecule has 0 radical (unpaired) electrons. The molecular formula is C26H31N5O2. The standard InChI is InChI=1S/C26H31N5O2/c1-33-20-8-6-19(7-9-20)26(12-13-26)25-27-21-10-11-22(28-23(21)29-25)31-16-4-5-18(17-31)24(32)30-14-2-3-15-30/h6-11,18H,2-5,12-17H2,1H3,(H,27,28,29). The van der Waals surface area contributed by atoms with Gasteiger partial charge >= 0.3 is 0 Å². The van der Waals surface area contributed by atoms with E-state index in [9.17, 15) is 4.79 Å². The maximum Gasteiger partial charge on any atom is 0.227 e. The number of carbonyl (C=O) groups is 1. The first-order valence-corrected chi connectivity index (χ1v) is 12.2. The number of aromatic nitrogens is 3. The summed E-state index contributed by atoms with van der Waals surface area (Å²) >= 11 is 0. The predicted octanol–water partition coefficient (Wildman–Crippen LogP) is 3.89. The number of anilines is 1. The van der Waals surface area contributed by atoms with Gasteiger partial charge in [-0.1, -0.05) is 12.1 Å². The predicted molar refractivity (Wildman–Crippen MR) is 128 cm³/mol. The Labute approximate surface area is 194 Å². The number of methoxy groups -OCH3 is 1. The summed E-state index contributed by atoms with van der Waals surface area (Å²) in [6, 6.07) is 12.5. The Balaban J connectivity index is 1.23. The van der Waals surface area contributed by atoms with E-state index in [1.54, 1.807) is 7.11 Å². The number of imidazole rings is 1. The third-order valence-corrected chi connectivity index (χ3v) is 7.69. The van der Waals surface area contributed by atoms with Gasteiger partial charge in [0.05, 0.1) is 24.0 Å². The molecule has 33 heavy (non-hydrogen) atoms. The molecule has 3 fully saturated rings. The van der Waals surface area contributed by atoms with Crippen LogP contribution in [0.4, 0.5) is 5.82 Å². The number of piperidine rings is 1. The van der Waals surface area contributed by atoms with Crippen LogP contribution in [0.2, 0.25) is 0 Å². The van der Waals surface area contributed by atoms with E-state index in [0.717, 1.165) is 93.3 Å². The number of hydrogen-bond acceptors (Lipinski definition) is 5. The van der Waals surface area contributed by atoms with Gasteiger partial charge in [0.2, 0.25) is 5.91 Å². The number of pyridine rings is 1. The molecule has 0 bridgehead atoms. The second-order valence-corrected chi connectivity index (χ2v) is 9.75. The maximum absolute atomic E-state index is 12.9. The zero-order valence-electron chi connectivity index (χ0n) is 19.2. The van der Waals surface area contributed by atoms with Crippen LogP contribution in [0.5, 0.6) is 5.75 Å². The summed E-state index contributed by atoms with van der Waals surface area (Å²) in [7, 11) is 1.69. The van der Waals surface area contributed by atoms with Gasteiger partial charge in [0.1, 0.15) is 17.4 Å². The molecule has 1 amide bonds. The Kier molecular flexibility index (Phi) is 5.00. The van der Waals surface area contributed by atoms with Crippen molar-refractivity contribution >= 4 is 22.9 Å². The molecule has 172 valence electrons.